The number of nitrogens with zero attached hydrogens (tertiary/aromatic N) is 3. The van der Waals surface area contributed by atoms with Gasteiger partial charge >= 0.3 is 0 Å². The summed E-state index contributed by atoms with van der Waals surface area (Å²) in [6, 6.07) is 0.412. The first-order valence-corrected chi connectivity index (χ1v) is 6.94. The van der Waals surface area contributed by atoms with E-state index in [-0.39, 0.29) is 0 Å². The van der Waals surface area contributed by atoms with Gasteiger partial charge in [-0.1, -0.05) is 6.92 Å². The van der Waals surface area contributed by atoms with Crippen LogP contribution in [0.5, 0.6) is 0 Å². The molecule has 0 saturated heterocycles. The van der Waals surface area contributed by atoms with Crippen LogP contribution in [-0.4, -0.2) is 21.3 Å². The molecule has 0 radical (unpaired) electrons. The van der Waals surface area contributed by atoms with Crippen molar-refractivity contribution in [2.45, 2.75) is 45.7 Å². The van der Waals surface area contributed by atoms with Gasteiger partial charge in [0, 0.05) is 6.54 Å². The minimum absolute atomic E-state index is 0.412. The predicted molar refractivity (Wildman–Crippen MR) is 66.4 cm³/mol. The fourth-order valence-corrected chi connectivity index (χ4v) is 3.48. The summed E-state index contributed by atoms with van der Waals surface area (Å²) in [6.07, 6.45) is 5.95. The van der Waals surface area contributed by atoms with Gasteiger partial charge in [0.25, 0.3) is 0 Å². The molecule has 0 amide bonds. The highest BCUT2D eigenvalue weighted by atomic mass is 15.3. The van der Waals surface area contributed by atoms with Crippen molar-refractivity contribution in [2.75, 3.05) is 6.54 Å². The fraction of sp³-hybridized carbons (Fsp3) is 0.846. The molecule has 0 aliphatic heterocycles. The van der Waals surface area contributed by atoms with Crippen molar-refractivity contribution in [1.29, 1.82) is 0 Å². The molecule has 1 heterocycles. The van der Waals surface area contributed by atoms with Crippen LogP contribution >= 0.6 is 0 Å². The Bertz CT molecular complexity index is 377. The molecule has 1 N–H and O–H groups in total. The van der Waals surface area contributed by atoms with E-state index in [1.165, 1.54) is 19.3 Å². The van der Waals surface area contributed by atoms with E-state index in [1.54, 1.807) is 6.33 Å². The van der Waals surface area contributed by atoms with E-state index in [0.29, 0.717) is 6.04 Å². The number of hydrogen-bond donors (Lipinski definition) is 1. The number of aromatic nitrogens is 3. The van der Waals surface area contributed by atoms with Gasteiger partial charge in [0.2, 0.25) is 0 Å². The maximum Gasteiger partial charge on any atom is 0.144 e. The van der Waals surface area contributed by atoms with Gasteiger partial charge in [-0.3, -0.25) is 0 Å². The Morgan fingerprint density at radius 1 is 1.35 bits per heavy atom. The lowest BCUT2D eigenvalue weighted by Gasteiger charge is -2.25. The van der Waals surface area contributed by atoms with Gasteiger partial charge < -0.3 is 5.32 Å². The Labute approximate surface area is 103 Å². The zero-order valence-electron chi connectivity index (χ0n) is 10.8. The van der Waals surface area contributed by atoms with Gasteiger partial charge in [0.05, 0.1) is 6.04 Å². The van der Waals surface area contributed by atoms with E-state index in [1.807, 2.05) is 4.68 Å². The first-order chi connectivity index (χ1) is 8.33. The molecule has 17 heavy (non-hydrogen) atoms. The summed E-state index contributed by atoms with van der Waals surface area (Å²) in [7, 11) is 0. The molecular weight excluding hydrogens is 212 g/mol. The highest BCUT2D eigenvalue weighted by Gasteiger charge is 2.48. The normalized spacial score (nSPS) is 32.5. The SMILES string of the molecule is CCNC(c1ncnn1CC)C1CC2CC2C1. The Balaban J connectivity index is 1.79. The second-order valence-corrected chi connectivity index (χ2v) is 5.46. The molecule has 94 valence electrons. The summed E-state index contributed by atoms with van der Waals surface area (Å²) < 4.78 is 2.04. The van der Waals surface area contributed by atoms with Crippen molar-refractivity contribution in [2.24, 2.45) is 17.8 Å². The first-order valence-electron chi connectivity index (χ1n) is 6.94. The van der Waals surface area contributed by atoms with Crippen molar-refractivity contribution >= 4 is 0 Å². The summed E-state index contributed by atoms with van der Waals surface area (Å²) in [5.41, 5.74) is 0. The van der Waals surface area contributed by atoms with Gasteiger partial charge in [0.15, 0.2) is 0 Å². The smallest absolute Gasteiger partial charge is 0.144 e. The van der Waals surface area contributed by atoms with Crippen LogP contribution in [0.3, 0.4) is 0 Å². The van der Waals surface area contributed by atoms with Gasteiger partial charge in [0.1, 0.15) is 12.2 Å². The number of rotatable bonds is 5. The standard InChI is InChI=1S/C13H22N4/c1-3-14-12(11-6-9-5-10(9)7-11)13-15-8-16-17(13)4-2/h8-12,14H,3-7H2,1-2H3. The second-order valence-electron chi connectivity index (χ2n) is 5.46. The largest absolute Gasteiger partial charge is 0.307 e. The third kappa shape index (κ3) is 1.99. The minimum atomic E-state index is 0.412. The topological polar surface area (TPSA) is 42.7 Å². The van der Waals surface area contributed by atoms with Crippen molar-refractivity contribution < 1.29 is 0 Å². The fourth-order valence-electron chi connectivity index (χ4n) is 3.48. The lowest BCUT2D eigenvalue weighted by atomic mass is 9.93. The average Bonchev–Trinajstić information content (AvgIpc) is 2.81. The molecular formula is C13H22N4. The van der Waals surface area contributed by atoms with Crippen LogP contribution in [0, 0.1) is 17.8 Å². The number of aryl methyl sites for hydroxylation is 1. The van der Waals surface area contributed by atoms with Crippen LogP contribution in [0.2, 0.25) is 0 Å². The third-order valence-electron chi connectivity index (χ3n) is 4.40. The quantitative estimate of drug-likeness (QED) is 0.847. The zero-order valence-corrected chi connectivity index (χ0v) is 10.8. The maximum atomic E-state index is 4.48. The Morgan fingerprint density at radius 2 is 2.12 bits per heavy atom. The molecule has 1 aromatic rings. The minimum Gasteiger partial charge on any atom is -0.307 e. The summed E-state index contributed by atoms with van der Waals surface area (Å²) in [5.74, 6) is 3.96. The molecule has 0 bridgehead atoms. The van der Waals surface area contributed by atoms with Crippen LogP contribution in [0.4, 0.5) is 0 Å². The van der Waals surface area contributed by atoms with Crippen molar-refractivity contribution in [3.8, 4) is 0 Å². The Kier molecular flexibility index (Phi) is 2.90. The van der Waals surface area contributed by atoms with E-state index in [0.717, 1.165) is 36.7 Å². The van der Waals surface area contributed by atoms with Crippen molar-refractivity contribution in [1.82, 2.24) is 20.1 Å². The highest BCUT2D eigenvalue weighted by Crippen LogP contribution is 2.56. The lowest BCUT2D eigenvalue weighted by Crippen LogP contribution is -2.30. The molecule has 3 unspecified atom stereocenters. The first kappa shape index (κ1) is 11.2. The number of fused-ring (bicyclic) bond motifs is 1. The lowest BCUT2D eigenvalue weighted by molar-refractivity contribution is 0.322. The predicted octanol–water partition coefficient (Wildman–Crippen LogP) is 1.99. The molecule has 0 spiro atoms. The maximum absolute atomic E-state index is 4.48. The van der Waals surface area contributed by atoms with E-state index in [2.05, 4.69) is 29.2 Å². The van der Waals surface area contributed by atoms with Crippen LogP contribution < -0.4 is 5.32 Å². The average molecular weight is 234 g/mol. The number of nitrogens with one attached hydrogen (secondary N) is 1. The summed E-state index contributed by atoms with van der Waals surface area (Å²) in [4.78, 5) is 4.48. The van der Waals surface area contributed by atoms with Gasteiger partial charge in [-0.2, -0.15) is 5.10 Å². The summed E-state index contributed by atoms with van der Waals surface area (Å²) in [6.45, 7) is 6.23. The molecule has 3 rings (SSSR count). The van der Waals surface area contributed by atoms with Crippen molar-refractivity contribution in [3.63, 3.8) is 0 Å². The van der Waals surface area contributed by atoms with Gasteiger partial charge in [-0.05, 0) is 50.5 Å². The molecule has 0 aromatic carbocycles. The molecule has 2 saturated carbocycles. The van der Waals surface area contributed by atoms with E-state index >= 15 is 0 Å². The highest BCUT2D eigenvalue weighted by molar-refractivity contribution is 5.05. The summed E-state index contributed by atoms with van der Waals surface area (Å²) in [5, 5.41) is 7.92. The van der Waals surface area contributed by atoms with Crippen LogP contribution in [0.1, 0.15) is 45.0 Å². The molecule has 1 aromatic heterocycles. The van der Waals surface area contributed by atoms with Crippen molar-refractivity contribution in [3.05, 3.63) is 12.2 Å². The monoisotopic (exact) mass is 234 g/mol. The van der Waals surface area contributed by atoms with E-state index in [9.17, 15) is 0 Å². The Morgan fingerprint density at radius 3 is 2.76 bits per heavy atom. The van der Waals surface area contributed by atoms with Gasteiger partial charge in [-0.25, -0.2) is 9.67 Å². The number of hydrogen-bond acceptors (Lipinski definition) is 3. The van der Waals surface area contributed by atoms with Gasteiger partial charge in [-0.15, -0.1) is 0 Å². The molecule has 2 fully saturated rings. The molecule has 4 heteroatoms. The third-order valence-corrected chi connectivity index (χ3v) is 4.40. The molecule has 2 aliphatic rings. The van der Waals surface area contributed by atoms with Crippen LogP contribution in [0.15, 0.2) is 6.33 Å². The molecule has 2 aliphatic carbocycles. The second kappa shape index (κ2) is 4.41. The summed E-state index contributed by atoms with van der Waals surface area (Å²) >= 11 is 0. The van der Waals surface area contributed by atoms with E-state index in [4.69, 9.17) is 0 Å². The molecule has 3 atom stereocenters. The van der Waals surface area contributed by atoms with Crippen LogP contribution in [-0.2, 0) is 6.54 Å². The molecule has 4 nitrogen and oxygen atoms in total. The Hall–Kier alpha value is -0.900. The van der Waals surface area contributed by atoms with E-state index < -0.39 is 0 Å². The zero-order chi connectivity index (χ0) is 11.8. The van der Waals surface area contributed by atoms with Crippen LogP contribution in [0.25, 0.3) is 0 Å².